The van der Waals surface area contributed by atoms with Crippen LogP contribution < -0.4 is 5.56 Å². The van der Waals surface area contributed by atoms with Crippen LogP contribution in [0.4, 0.5) is 0 Å². The highest BCUT2D eigenvalue weighted by molar-refractivity contribution is 7.91. The maximum absolute atomic E-state index is 13.6. The van der Waals surface area contributed by atoms with Crippen molar-refractivity contribution in [3.05, 3.63) is 52.9 Å². The Hall–Kier alpha value is -2.45. The van der Waals surface area contributed by atoms with Gasteiger partial charge in [-0.05, 0) is 37.2 Å². The van der Waals surface area contributed by atoms with Crippen LogP contribution in [0.15, 0.2) is 52.3 Å². The number of aromatic nitrogens is 1. The van der Waals surface area contributed by atoms with Crippen LogP contribution in [0, 0.1) is 22.0 Å². The van der Waals surface area contributed by atoms with Crippen LogP contribution in [0.25, 0.3) is 11.1 Å². The van der Waals surface area contributed by atoms with E-state index in [-0.39, 0.29) is 23.9 Å². The van der Waals surface area contributed by atoms with Gasteiger partial charge in [0.25, 0.3) is 5.56 Å². The van der Waals surface area contributed by atoms with Crippen molar-refractivity contribution in [3.8, 4) is 11.1 Å². The smallest absolute Gasteiger partial charge is 0.251 e. The van der Waals surface area contributed by atoms with Crippen molar-refractivity contribution >= 4 is 15.6 Å². The Kier molecular flexibility index (Phi) is 8.31. The van der Waals surface area contributed by atoms with E-state index in [1.165, 1.54) is 55.2 Å². The Morgan fingerprint density at radius 3 is 2.42 bits per heavy atom. The summed E-state index contributed by atoms with van der Waals surface area (Å²) in [6.07, 6.45) is 14.2. The molecule has 8 heteroatoms. The zero-order chi connectivity index (χ0) is 28.5. The standard InChI is InChI=1S/C32H45N3O4S/c1-24(19-25-11-5-3-6-12-25)30(37)34-18-17-32(38,31(22-34)15-9-10-16-31)23-35-21-28(40(2,33)39)27(20-29(35)36)26-13-7-4-8-14-26/h4,7-8,13-14,20-21,24-25,33,38H,3,5-6,9-12,15-19,22-23H2,1-2H3. The Morgan fingerprint density at radius 2 is 1.77 bits per heavy atom. The molecule has 1 saturated heterocycles. The normalized spacial score (nSPS) is 25.5. The highest BCUT2D eigenvalue weighted by Gasteiger charge is 2.55. The number of aliphatic hydroxyl groups is 1. The Morgan fingerprint density at radius 1 is 1.10 bits per heavy atom. The van der Waals surface area contributed by atoms with Gasteiger partial charge in [0.1, 0.15) is 0 Å². The number of hydrogen-bond donors (Lipinski definition) is 2. The molecular weight excluding hydrogens is 522 g/mol. The lowest BCUT2D eigenvalue weighted by Gasteiger charge is -2.53. The van der Waals surface area contributed by atoms with Gasteiger partial charge in [0, 0.05) is 48.5 Å². The molecule has 5 rings (SSSR count). The molecule has 1 amide bonds. The molecule has 7 nitrogen and oxygen atoms in total. The van der Waals surface area contributed by atoms with E-state index in [0.717, 1.165) is 37.7 Å². The molecule has 1 aromatic carbocycles. The number of likely N-dealkylation sites (tertiary alicyclic amines) is 1. The summed E-state index contributed by atoms with van der Waals surface area (Å²) in [6.45, 7) is 3.13. The van der Waals surface area contributed by atoms with E-state index < -0.39 is 20.7 Å². The third-order valence-electron chi connectivity index (χ3n) is 10.0. The van der Waals surface area contributed by atoms with E-state index >= 15 is 0 Å². The molecule has 1 spiro atoms. The lowest BCUT2D eigenvalue weighted by Crippen LogP contribution is -2.62. The third kappa shape index (κ3) is 5.80. The lowest BCUT2D eigenvalue weighted by atomic mass is 9.65. The SMILES string of the molecule is CC(CC1CCCCC1)C(=O)N1CCC(O)(Cn2cc(S(C)(=N)=O)c(-c3ccccc3)cc2=O)C2(CCCC2)C1. The maximum Gasteiger partial charge on any atom is 0.251 e. The van der Waals surface area contributed by atoms with E-state index in [1.807, 2.05) is 35.2 Å². The molecule has 218 valence electrons. The second-order valence-electron chi connectivity index (χ2n) is 12.9. The molecule has 3 aliphatic rings. The van der Waals surface area contributed by atoms with Crippen LogP contribution in [0.2, 0.25) is 0 Å². The summed E-state index contributed by atoms with van der Waals surface area (Å²) in [5, 5.41) is 12.3. The number of piperidine rings is 1. The summed E-state index contributed by atoms with van der Waals surface area (Å²) in [5.41, 5.74) is -0.688. The summed E-state index contributed by atoms with van der Waals surface area (Å²) in [5.74, 6) is 0.823. The summed E-state index contributed by atoms with van der Waals surface area (Å²) in [6, 6.07) is 10.7. The first-order valence-corrected chi connectivity index (χ1v) is 17.0. The number of rotatable bonds is 7. The molecule has 0 bridgehead atoms. The third-order valence-corrected chi connectivity index (χ3v) is 11.2. The molecule has 2 aliphatic carbocycles. The predicted molar refractivity (Wildman–Crippen MR) is 159 cm³/mol. The van der Waals surface area contributed by atoms with E-state index in [2.05, 4.69) is 6.92 Å². The molecule has 3 unspecified atom stereocenters. The highest BCUT2D eigenvalue weighted by Crippen LogP contribution is 2.52. The minimum Gasteiger partial charge on any atom is -0.387 e. The summed E-state index contributed by atoms with van der Waals surface area (Å²) >= 11 is 0. The van der Waals surface area contributed by atoms with Gasteiger partial charge in [-0.3, -0.25) is 9.59 Å². The molecule has 1 aliphatic heterocycles. The first kappa shape index (κ1) is 29.1. The predicted octanol–water partition coefficient (Wildman–Crippen LogP) is 5.68. The number of benzene rings is 1. The lowest BCUT2D eigenvalue weighted by molar-refractivity contribution is -0.163. The largest absolute Gasteiger partial charge is 0.387 e. The van der Waals surface area contributed by atoms with Crippen LogP contribution in [0.3, 0.4) is 0 Å². The number of hydrogen-bond acceptors (Lipinski definition) is 5. The van der Waals surface area contributed by atoms with Crippen molar-refractivity contribution in [2.75, 3.05) is 19.3 Å². The summed E-state index contributed by atoms with van der Waals surface area (Å²) in [4.78, 5) is 29.3. The van der Waals surface area contributed by atoms with Crippen LogP contribution in [0.1, 0.15) is 77.6 Å². The molecule has 2 N–H and O–H groups in total. The molecule has 2 aromatic rings. The van der Waals surface area contributed by atoms with Gasteiger partial charge in [-0.15, -0.1) is 0 Å². The van der Waals surface area contributed by atoms with Crippen LogP contribution in [-0.2, 0) is 21.1 Å². The van der Waals surface area contributed by atoms with Crippen LogP contribution in [-0.4, -0.2) is 49.6 Å². The number of nitrogens with zero attached hydrogens (tertiary/aromatic N) is 2. The fraction of sp³-hybridized carbons (Fsp3) is 0.625. The number of carbonyl (C=O) groups excluding carboxylic acids is 1. The average molecular weight is 568 g/mol. The fourth-order valence-corrected chi connectivity index (χ4v) is 8.66. The van der Waals surface area contributed by atoms with Gasteiger partial charge in [-0.2, -0.15) is 0 Å². The number of pyridine rings is 1. The topological polar surface area (TPSA) is 103 Å². The van der Waals surface area contributed by atoms with E-state index in [0.29, 0.717) is 35.9 Å². The highest BCUT2D eigenvalue weighted by atomic mass is 32.2. The number of carbonyl (C=O) groups is 1. The maximum atomic E-state index is 13.6. The molecule has 3 fully saturated rings. The Balaban J connectivity index is 1.40. The van der Waals surface area contributed by atoms with Crippen molar-refractivity contribution in [3.63, 3.8) is 0 Å². The van der Waals surface area contributed by atoms with Crippen molar-refractivity contribution in [2.24, 2.45) is 17.3 Å². The first-order chi connectivity index (χ1) is 19.0. The molecule has 3 atom stereocenters. The van der Waals surface area contributed by atoms with Crippen molar-refractivity contribution in [2.45, 2.75) is 94.6 Å². The quantitative estimate of drug-likeness (QED) is 0.449. The second kappa shape index (κ2) is 11.4. The molecule has 40 heavy (non-hydrogen) atoms. The zero-order valence-corrected chi connectivity index (χ0v) is 24.9. The molecule has 2 heterocycles. The minimum atomic E-state index is -3.15. The first-order valence-electron chi connectivity index (χ1n) is 15.1. The Bertz CT molecular complexity index is 1370. The van der Waals surface area contributed by atoms with Gasteiger partial charge < -0.3 is 14.6 Å². The second-order valence-corrected chi connectivity index (χ2v) is 15.0. The van der Waals surface area contributed by atoms with Gasteiger partial charge >= 0.3 is 0 Å². The molecule has 1 aromatic heterocycles. The monoisotopic (exact) mass is 567 g/mol. The molecule has 2 saturated carbocycles. The number of amides is 1. The van der Waals surface area contributed by atoms with E-state index in [4.69, 9.17) is 4.78 Å². The van der Waals surface area contributed by atoms with Gasteiger partial charge in [-0.1, -0.05) is 82.2 Å². The summed E-state index contributed by atoms with van der Waals surface area (Å²) < 4.78 is 22.9. The van der Waals surface area contributed by atoms with Crippen molar-refractivity contribution in [1.29, 1.82) is 4.78 Å². The molecule has 0 radical (unpaired) electrons. The van der Waals surface area contributed by atoms with Gasteiger partial charge in [-0.25, -0.2) is 8.99 Å². The van der Waals surface area contributed by atoms with Crippen molar-refractivity contribution in [1.82, 2.24) is 9.47 Å². The Labute approximate surface area is 239 Å². The average Bonchev–Trinajstić information content (AvgIpc) is 3.41. The van der Waals surface area contributed by atoms with E-state index in [9.17, 15) is 18.9 Å². The van der Waals surface area contributed by atoms with Crippen LogP contribution in [0.5, 0.6) is 0 Å². The van der Waals surface area contributed by atoms with Gasteiger partial charge in [0.15, 0.2) is 0 Å². The fourth-order valence-electron chi connectivity index (χ4n) is 7.73. The molecular formula is C32H45N3O4S. The number of nitrogens with one attached hydrogen (secondary N) is 1. The van der Waals surface area contributed by atoms with E-state index in [1.54, 1.807) is 0 Å². The van der Waals surface area contributed by atoms with Gasteiger partial charge in [0.2, 0.25) is 5.91 Å². The minimum absolute atomic E-state index is 0.0155. The van der Waals surface area contributed by atoms with Crippen LogP contribution >= 0.6 is 0 Å². The summed E-state index contributed by atoms with van der Waals surface area (Å²) in [7, 11) is -3.15. The van der Waals surface area contributed by atoms with Gasteiger partial charge in [0.05, 0.1) is 26.8 Å². The zero-order valence-electron chi connectivity index (χ0n) is 24.1. The van der Waals surface area contributed by atoms with Crippen molar-refractivity contribution < 1.29 is 14.1 Å².